The number of hydrogen-bond acceptors (Lipinski definition) is 6. The van der Waals surface area contributed by atoms with E-state index in [4.69, 9.17) is 9.72 Å². The lowest BCUT2D eigenvalue weighted by molar-refractivity contribution is -0.117. The van der Waals surface area contributed by atoms with Crippen molar-refractivity contribution in [2.75, 3.05) is 12.4 Å². The molecule has 0 atom stereocenters. The predicted octanol–water partition coefficient (Wildman–Crippen LogP) is 3.47. The fourth-order valence-corrected chi connectivity index (χ4v) is 3.75. The minimum atomic E-state index is -0.502. The van der Waals surface area contributed by atoms with E-state index in [0.717, 1.165) is 30.1 Å². The molecule has 9 nitrogen and oxygen atoms in total. The first-order valence-corrected chi connectivity index (χ1v) is 10.3. The Bertz CT molecular complexity index is 1370. The first kappa shape index (κ1) is 19.9. The number of aryl methyl sites for hydroxylation is 2. The highest BCUT2D eigenvalue weighted by molar-refractivity contribution is 6.09. The maximum Gasteiger partial charge on any atom is 0.340 e. The van der Waals surface area contributed by atoms with Crippen LogP contribution in [0.25, 0.3) is 33.8 Å². The second-order valence-corrected chi connectivity index (χ2v) is 7.97. The van der Waals surface area contributed by atoms with Crippen molar-refractivity contribution in [2.24, 2.45) is 13.0 Å². The van der Waals surface area contributed by atoms with Crippen molar-refractivity contribution in [3.05, 3.63) is 47.9 Å². The molecule has 4 heterocycles. The van der Waals surface area contributed by atoms with Gasteiger partial charge in [0.25, 0.3) is 0 Å². The van der Waals surface area contributed by atoms with Gasteiger partial charge < -0.3 is 19.6 Å². The summed E-state index contributed by atoms with van der Waals surface area (Å²) in [6, 6.07) is 7.50. The maximum atomic E-state index is 12.3. The van der Waals surface area contributed by atoms with Crippen LogP contribution in [0.4, 0.5) is 5.82 Å². The first-order chi connectivity index (χ1) is 15.4. The second-order valence-electron chi connectivity index (χ2n) is 7.97. The summed E-state index contributed by atoms with van der Waals surface area (Å²) >= 11 is 0. The van der Waals surface area contributed by atoms with Crippen LogP contribution in [-0.4, -0.2) is 43.5 Å². The van der Waals surface area contributed by atoms with Crippen molar-refractivity contribution < 1.29 is 14.3 Å². The molecule has 0 spiro atoms. The largest absolute Gasteiger partial charge is 0.465 e. The van der Waals surface area contributed by atoms with Crippen LogP contribution in [0.2, 0.25) is 0 Å². The van der Waals surface area contributed by atoms with Crippen molar-refractivity contribution in [3.8, 4) is 22.9 Å². The third-order valence-electron chi connectivity index (χ3n) is 5.51. The fourth-order valence-electron chi connectivity index (χ4n) is 3.75. The normalized spacial score (nSPS) is 13.3. The Morgan fingerprint density at radius 3 is 2.69 bits per heavy atom. The summed E-state index contributed by atoms with van der Waals surface area (Å²) in [7, 11) is 3.25. The molecule has 2 N–H and O–H groups in total. The molecule has 0 aliphatic heterocycles. The van der Waals surface area contributed by atoms with Crippen LogP contribution < -0.4 is 5.32 Å². The second kappa shape index (κ2) is 7.60. The van der Waals surface area contributed by atoms with Gasteiger partial charge in [-0.1, -0.05) is 6.07 Å². The number of fused-ring (bicyclic) bond motifs is 1. The summed E-state index contributed by atoms with van der Waals surface area (Å²) in [4.78, 5) is 41.6. The molecule has 5 rings (SSSR count). The van der Waals surface area contributed by atoms with E-state index in [9.17, 15) is 9.59 Å². The van der Waals surface area contributed by atoms with Crippen molar-refractivity contribution in [3.63, 3.8) is 0 Å². The number of anilines is 1. The Kier molecular flexibility index (Phi) is 4.73. The molecule has 4 aromatic rings. The van der Waals surface area contributed by atoms with Gasteiger partial charge in [0.15, 0.2) is 11.6 Å². The van der Waals surface area contributed by atoms with Gasteiger partial charge in [0.2, 0.25) is 5.91 Å². The Morgan fingerprint density at radius 2 is 2.00 bits per heavy atom. The molecule has 0 radical (unpaired) electrons. The highest BCUT2D eigenvalue weighted by atomic mass is 16.5. The fraction of sp³-hybridized carbons (Fsp3) is 0.261. The molecule has 32 heavy (non-hydrogen) atoms. The number of aromatic amines is 1. The van der Waals surface area contributed by atoms with Gasteiger partial charge in [-0.3, -0.25) is 4.79 Å². The van der Waals surface area contributed by atoms with E-state index in [0.29, 0.717) is 33.7 Å². The van der Waals surface area contributed by atoms with E-state index in [-0.39, 0.29) is 11.8 Å². The predicted molar refractivity (Wildman–Crippen MR) is 119 cm³/mol. The number of nitrogens with one attached hydrogen (secondary N) is 2. The topological polar surface area (TPSA) is 115 Å². The molecule has 9 heteroatoms. The summed E-state index contributed by atoms with van der Waals surface area (Å²) in [6.07, 6.45) is 5.13. The first-order valence-electron chi connectivity index (χ1n) is 10.3. The van der Waals surface area contributed by atoms with E-state index < -0.39 is 5.97 Å². The lowest BCUT2D eigenvalue weighted by Crippen LogP contribution is -2.15. The van der Waals surface area contributed by atoms with E-state index in [1.807, 2.05) is 49.0 Å². The number of aromatic nitrogens is 5. The summed E-state index contributed by atoms with van der Waals surface area (Å²) < 4.78 is 6.84. The van der Waals surface area contributed by atoms with Gasteiger partial charge >= 0.3 is 5.97 Å². The van der Waals surface area contributed by atoms with Gasteiger partial charge in [-0.05, 0) is 38.0 Å². The van der Waals surface area contributed by atoms with E-state index in [1.165, 1.54) is 13.3 Å². The number of esters is 1. The third-order valence-corrected chi connectivity index (χ3v) is 5.51. The number of carbonyl (C=O) groups excluding carboxylic acids is 2. The summed E-state index contributed by atoms with van der Waals surface area (Å²) in [5, 5.41) is 3.48. The molecule has 1 amide bonds. The van der Waals surface area contributed by atoms with Gasteiger partial charge in [0.05, 0.1) is 35.3 Å². The van der Waals surface area contributed by atoms with Crippen molar-refractivity contribution >= 4 is 28.6 Å². The molecule has 1 saturated carbocycles. The van der Waals surface area contributed by atoms with Crippen LogP contribution in [0.5, 0.6) is 0 Å². The van der Waals surface area contributed by atoms with Crippen LogP contribution in [0.1, 0.15) is 28.9 Å². The van der Waals surface area contributed by atoms with Crippen molar-refractivity contribution in [2.45, 2.75) is 19.8 Å². The van der Waals surface area contributed by atoms with Crippen molar-refractivity contribution in [1.82, 2.24) is 24.5 Å². The van der Waals surface area contributed by atoms with Crippen LogP contribution in [0.3, 0.4) is 0 Å². The summed E-state index contributed by atoms with van der Waals surface area (Å²) in [5.74, 6) is 0.604. The molecule has 0 unspecified atom stereocenters. The van der Waals surface area contributed by atoms with Crippen LogP contribution in [0.15, 0.2) is 36.7 Å². The molecule has 1 aliphatic rings. The average Bonchev–Trinajstić information content (AvgIpc) is 3.46. The van der Waals surface area contributed by atoms with Gasteiger partial charge in [0, 0.05) is 30.7 Å². The van der Waals surface area contributed by atoms with Gasteiger partial charge in [-0.2, -0.15) is 0 Å². The minimum absolute atomic E-state index is 0.0288. The van der Waals surface area contributed by atoms with Gasteiger partial charge in [-0.15, -0.1) is 0 Å². The number of imidazole rings is 1. The average molecular weight is 430 g/mol. The zero-order valence-corrected chi connectivity index (χ0v) is 18.0. The number of pyridine rings is 2. The molecule has 1 aliphatic carbocycles. The van der Waals surface area contributed by atoms with Crippen LogP contribution in [-0.2, 0) is 16.6 Å². The third kappa shape index (κ3) is 3.51. The number of amides is 1. The molecule has 1 fully saturated rings. The Labute approximate surface area is 183 Å². The summed E-state index contributed by atoms with van der Waals surface area (Å²) in [5.41, 5.74) is 3.86. The number of ether oxygens (including phenoxy) is 1. The van der Waals surface area contributed by atoms with Gasteiger partial charge in [0.1, 0.15) is 5.69 Å². The number of rotatable bonds is 5. The molecular formula is C23H22N6O3. The van der Waals surface area contributed by atoms with E-state index in [1.54, 1.807) is 0 Å². The molecule has 0 bridgehead atoms. The minimum Gasteiger partial charge on any atom is -0.465 e. The van der Waals surface area contributed by atoms with Crippen molar-refractivity contribution in [1.29, 1.82) is 0 Å². The molecule has 0 saturated heterocycles. The Hall–Kier alpha value is -4.01. The standard InChI is InChI=1S/C23H22N6O3/c1-12-11-29(2)21(25-12)17-6-4-5-16(26-17)18-9-14-15(23(31)32-3)10-24-20(19(14)27-18)28-22(30)13-7-8-13/h4-6,9-11,13,27H,7-8H2,1-3H3,(H,24,28,30). The molecule has 4 aromatic heterocycles. The molecule has 162 valence electrons. The van der Waals surface area contributed by atoms with Crippen LogP contribution >= 0.6 is 0 Å². The van der Waals surface area contributed by atoms with E-state index in [2.05, 4.69) is 20.3 Å². The lowest BCUT2D eigenvalue weighted by atomic mass is 10.1. The molecule has 0 aromatic carbocycles. The Balaban J connectivity index is 1.61. The zero-order valence-electron chi connectivity index (χ0n) is 18.0. The number of hydrogen-bond donors (Lipinski definition) is 2. The van der Waals surface area contributed by atoms with E-state index >= 15 is 0 Å². The maximum absolute atomic E-state index is 12.3. The number of carbonyl (C=O) groups is 2. The number of H-pyrrole nitrogens is 1. The quantitative estimate of drug-likeness (QED) is 0.469. The molecular weight excluding hydrogens is 408 g/mol. The smallest absolute Gasteiger partial charge is 0.340 e. The number of methoxy groups -OCH3 is 1. The zero-order chi connectivity index (χ0) is 22.4. The monoisotopic (exact) mass is 430 g/mol. The highest BCUT2D eigenvalue weighted by Crippen LogP contribution is 2.33. The lowest BCUT2D eigenvalue weighted by Gasteiger charge is -2.07. The SMILES string of the molecule is COC(=O)c1cnc(NC(=O)C2CC2)c2[nH]c(-c3cccc(-c4nc(C)cn4C)n3)cc12. The number of nitrogens with zero attached hydrogens (tertiary/aromatic N) is 4. The summed E-state index contributed by atoms with van der Waals surface area (Å²) in [6.45, 7) is 1.93. The van der Waals surface area contributed by atoms with Crippen LogP contribution in [0, 0.1) is 12.8 Å². The van der Waals surface area contributed by atoms with Gasteiger partial charge in [-0.25, -0.2) is 19.7 Å². The highest BCUT2D eigenvalue weighted by Gasteiger charge is 2.30. The Morgan fingerprint density at radius 1 is 1.22 bits per heavy atom.